The molecule has 0 fully saturated rings. The quantitative estimate of drug-likeness (QED) is 0.671. The molecule has 0 saturated carbocycles. The molecular weight excluding hydrogens is 328 g/mol. The van der Waals surface area contributed by atoms with E-state index in [1.54, 1.807) is 6.07 Å². The Kier molecular flexibility index (Phi) is 7.83. The minimum absolute atomic E-state index is 0.0558. The van der Waals surface area contributed by atoms with E-state index in [1.807, 2.05) is 37.3 Å². The van der Waals surface area contributed by atoms with Crippen LogP contribution in [0.2, 0.25) is 0 Å². The maximum absolute atomic E-state index is 12.1. The van der Waals surface area contributed by atoms with E-state index in [1.165, 1.54) is 12.5 Å². The van der Waals surface area contributed by atoms with E-state index in [2.05, 4.69) is 22.8 Å². The predicted molar refractivity (Wildman–Crippen MR) is 104 cm³/mol. The first-order valence-electron chi connectivity index (χ1n) is 8.84. The number of nitrogens with one attached hydrogen (secondary N) is 2. The molecule has 0 bridgehead atoms. The average molecular weight is 354 g/mol. The van der Waals surface area contributed by atoms with Gasteiger partial charge in [0.2, 0.25) is 11.8 Å². The molecule has 2 rings (SSSR count). The summed E-state index contributed by atoms with van der Waals surface area (Å²) in [4.78, 5) is 23.2. The molecule has 0 aliphatic rings. The Labute approximate surface area is 154 Å². The van der Waals surface area contributed by atoms with Crippen LogP contribution in [0.3, 0.4) is 0 Å². The molecule has 2 amide bonds. The molecule has 0 heterocycles. The van der Waals surface area contributed by atoms with Gasteiger partial charge in [-0.15, -0.1) is 0 Å². The van der Waals surface area contributed by atoms with E-state index in [0.29, 0.717) is 37.4 Å². The fraction of sp³-hybridized carbons (Fsp3) is 0.333. The Morgan fingerprint density at radius 3 is 2.50 bits per heavy atom. The molecule has 138 valence electrons. The minimum atomic E-state index is -0.140. The molecule has 5 nitrogen and oxygen atoms in total. The van der Waals surface area contributed by atoms with Crippen LogP contribution < -0.4 is 10.6 Å². The van der Waals surface area contributed by atoms with Gasteiger partial charge in [-0.2, -0.15) is 0 Å². The van der Waals surface area contributed by atoms with Gasteiger partial charge in [-0.25, -0.2) is 0 Å². The van der Waals surface area contributed by atoms with Crippen molar-refractivity contribution in [3.8, 4) is 0 Å². The molecule has 0 radical (unpaired) electrons. The minimum Gasteiger partial charge on any atom is -0.381 e. The SMILES string of the molecule is CC(=O)Nc1ccc(C)c(NC(=O)CCCOCCc2ccccc2)c1. The number of hydrogen-bond acceptors (Lipinski definition) is 3. The number of amides is 2. The standard InChI is InChI=1S/C21H26N2O3/c1-16-10-11-19(22-17(2)24)15-20(16)23-21(25)9-6-13-26-14-12-18-7-4-3-5-8-18/h3-5,7-8,10-11,15H,6,9,12-14H2,1-2H3,(H,22,24)(H,23,25). The highest BCUT2D eigenvalue weighted by atomic mass is 16.5. The number of hydrogen-bond donors (Lipinski definition) is 2. The van der Waals surface area contributed by atoms with Crippen LogP contribution in [-0.4, -0.2) is 25.0 Å². The van der Waals surface area contributed by atoms with Gasteiger partial charge in [0.25, 0.3) is 0 Å². The van der Waals surface area contributed by atoms with Crippen LogP contribution in [0.25, 0.3) is 0 Å². The third kappa shape index (κ3) is 7.07. The van der Waals surface area contributed by atoms with Crippen molar-refractivity contribution in [2.75, 3.05) is 23.8 Å². The lowest BCUT2D eigenvalue weighted by Gasteiger charge is -2.11. The number of ether oxygens (including phenoxy) is 1. The molecule has 2 aromatic carbocycles. The fourth-order valence-electron chi connectivity index (χ4n) is 2.52. The van der Waals surface area contributed by atoms with E-state index >= 15 is 0 Å². The second-order valence-corrected chi connectivity index (χ2v) is 6.21. The van der Waals surface area contributed by atoms with Crippen LogP contribution >= 0.6 is 0 Å². The maximum atomic E-state index is 12.1. The van der Waals surface area contributed by atoms with Crippen molar-refractivity contribution in [3.05, 3.63) is 59.7 Å². The lowest BCUT2D eigenvalue weighted by Crippen LogP contribution is -2.14. The Morgan fingerprint density at radius 2 is 1.77 bits per heavy atom. The summed E-state index contributed by atoms with van der Waals surface area (Å²) in [6.45, 7) is 4.59. The summed E-state index contributed by atoms with van der Waals surface area (Å²) >= 11 is 0. The van der Waals surface area contributed by atoms with E-state index in [9.17, 15) is 9.59 Å². The maximum Gasteiger partial charge on any atom is 0.224 e. The summed E-state index contributed by atoms with van der Waals surface area (Å²) in [6.07, 6.45) is 1.95. The summed E-state index contributed by atoms with van der Waals surface area (Å²) in [6, 6.07) is 15.6. The van der Waals surface area contributed by atoms with Crippen LogP contribution in [-0.2, 0) is 20.7 Å². The summed E-state index contributed by atoms with van der Waals surface area (Å²) < 4.78 is 5.60. The lowest BCUT2D eigenvalue weighted by molar-refractivity contribution is -0.116. The molecule has 0 spiro atoms. The largest absolute Gasteiger partial charge is 0.381 e. The van der Waals surface area contributed by atoms with Crippen molar-refractivity contribution in [1.29, 1.82) is 0 Å². The van der Waals surface area contributed by atoms with Crippen molar-refractivity contribution in [2.24, 2.45) is 0 Å². The second kappa shape index (κ2) is 10.4. The van der Waals surface area contributed by atoms with Crippen LogP contribution in [0.15, 0.2) is 48.5 Å². The van der Waals surface area contributed by atoms with Crippen LogP contribution in [0.5, 0.6) is 0 Å². The van der Waals surface area contributed by atoms with Crippen molar-refractivity contribution in [1.82, 2.24) is 0 Å². The average Bonchev–Trinajstić information content (AvgIpc) is 2.61. The van der Waals surface area contributed by atoms with Crippen molar-refractivity contribution >= 4 is 23.2 Å². The zero-order valence-electron chi connectivity index (χ0n) is 15.4. The smallest absolute Gasteiger partial charge is 0.224 e. The van der Waals surface area contributed by atoms with Crippen LogP contribution in [0.1, 0.15) is 30.9 Å². The van der Waals surface area contributed by atoms with E-state index < -0.39 is 0 Å². The highest BCUT2D eigenvalue weighted by Crippen LogP contribution is 2.20. The molecule has 2 aromatic rings. The van der Waals surface area contributed by atoms with Crippen LogP contribution in [0.4, 0.5) is 11.4 Å². The molecule has 0 aliphatic carbocycles. The topological polar surface area (TPSA) is 67.4 Å². The van der Waals surface area contributed by atoms with Gasteiger partial charge < -0.3 is 15.4 Å². The Morgan fingerprint density at radius 1 is 1.00 bits per heavy atom. The van der Waals surface area contributed by atoms with Gasteiger partial charge in [0.15, 0.2) is 0 Å². The van der Waals surface area contributed by atoms with Gasteiger partial charge in [0.05, 0.1) is 6.61 Å². The normalized spacial score (nSPS) is 10.4. The number of anilines is 2. The highest BCUT2D eigenvalue weighted by Gasteiger charge is 2.06. The van der Waals surface area contributed by atoms with Gasteiger partial charge in [0, 0.05) is 31.3 Å². The highest BCUT2D eigenvalue weighted by molar-refractivity contribution is 5.94. The Hall–Kier alpha value is -2.66. The molecule has 5 heteroatoms. The number of carbonyl (C=O) groups is 2. The predicted octanol–water partition coefficient (Wildman–Crippen LogP) is 3.93. The summed E-state index contributed by atoms with van der Waals surface area (Å²) in [7, 11) is 0. The number of rotatable bonds is 9. The summed E-state index contributed by atoms with van der Waals surface area (Å²) in [5.74, 6) is -0.196. The molecule has 2 N–H and O–H groups in total. The Bertz CT molecular complexity index is 729. The lowest BCUT2D eigenvalue weighted by atomic mass is 10.1. The zero-order valence-corrected chi connectivity index (χ0v) is 15.4. The van der Waals surface area contributed by atoms with Gasteiger partial charge in [0.1, 0.15) is 0 Å². The van der Waals surface area contributed by atoms with Gasteiger partial charge in [-0.3, -0.25) is 9.59 Å². The number of carbonyl (C=O) groups excluding carboxylic acids is 2. The first-order chi connectivity index (χ1) is 12.5. The van der Waals surface area contributed by atoms with Gasteiger partial charge in [-0.1, -0.05) is 36.4 Å². The van der Waals surface area contributed by atoms with E-state index in [0.717, 1.165) is 12.0 Å². The first kappa shape index (κ1) is 19.7. The summed E-state index contributed by atoms with van der Waals surface area (Å²) in [5, 5.41) is 5.61. The van der Waals surface area contributed by atoms with Gasteiger partial charge in [-0.05, 0) is 43.0 Å². The summed E-state index contributed by atoms with van der Waals surface area (Å²) in [5.41, 5.74) is 3.58. The molecule has 26 heavy (non-hydrogen) atoms. The third-order valence-electron chi connectivity index (χ3n) is 3.90. The molecule has 0 atom stereocenters. The molecule has 0 aliphatic heterocycles. The molecular formula is C21H26N2O3. The molecule has 0 saturated heterocycles. The first-order valence-corrected chi connectivity index (χ1v) is 8.84. The second-order valence-electron chi connectivity index (χ2n) is 6.21. The Balaban J connectivity index is 1.67. The molecule has 0 unspecified atom stereocenters. The zero-order chi connectivity index (χ0) is 18.8. The van der Waals surface area contributed by atoms with E-state index in [-0.39, 0.29) is 11.8 Å². The number of aryl methyl sites for hydroxylation is 1. The van der Waals surface area contributed by atoms with Gasteiger partial charge >= 0.3 is 0 Å². The third-order valence-corrected chi connectivity index (χ3v) is 3.90. The van der Waals surface area contributed by atoms with Crippen molar-refractivity contribution in [3.63, 3.8) is 0 Å². The van der Waals surface area contributed by atoms with E-state index in [4.69, 9.17) is 4.74 Å². The van der Waals surface area contributed by atoms with Crippen LogP contribution in [0, 0.1) is 6.92 Å². The molecule has 0 aromatic heterocycles. The van der Waals surface area contributed by atoms with Crippen molar-refractivity contribution < 1.29 is 14.3 Å². The van der Waals surface area contributed by atoms with Crippen molar-refractivity contribution in [2.45, 2.75) is 33.1 Å². The number of benzene rings is 2. The monoisotopic (exact) mass is 354 g/mol. The fourth-order valence-corrected chi connectivity index (χ4v) is 2.52.